The summed E-state index contributed by atoms with van der Waals surface area (Å²) >= 11 is 3.38. The minimum Gasteiger partial charge on any atom is -0.478 e. The quantitative estimate of drug-likeness (QED) is 0.420. The standard InChI is InChI=1S/C24H17BrF3N3O3/c25-18-9-5-15(6-10-18)21-20(14-1-3-16(4-2-14)22(32)33)13-31(30-21)23(34)29-19-11-7-17(8-12-19)24(26,27)28/h1-12,20H,13H2,(H,29,34)(H,32,33). The second-order valence-corrected chi connectivity index (χ2v) is 8.47. The van der Waals surface area contributed by atoms with Crippen LogP contribution in [0.3, 0.4) is 0 Å². The van der Waals surface area contributed by atoms with E-state index in [0.29, 0.717) is 5.71 Å². The third kappa shape index (κ3) is 5.12. The van der Waals surface area contributed by atoms with Gasteiger partial charge in [-0.2, -0.15) is 18.3 Å². The average Bonchev–Trinajstić information content (AvgIpc) is 3.25. The van der Waals surface area contributed by atoms with Crippen LogP contribution in [-0.4, -0.2) is 34.4 Å². The lowest BCUT2D eigenvalue weighted by atomic mass is 9.90. The fourth-order valence-electron chi connectivity index (χ4n) is 3.56. The van der Waals surface area contributed by atoms with Gasteiger partial charge in [-0.3, -0.25) is 0 Å². The molecule has 0 fully saturated rings. The number of nitrogens with zero attached hydrogens (tertiary/aromatic N) is 2. The van der Waals surface area contributed by atoms with E-state index < -0.39 is 23.7 Å². The minimum atomic E-state index is -4.47. The number of hydrogen-bond donors (Lipinski definition) is 2. The minimum absolute atomic E-state index is 0.140. The van der Waals surface area contributed by atoms with Crippen molar-refractivity contribution in [3.8, 4) is 0 Å². The highest BCUT2D eigenvalue weighted by atomic mass is 79.9. The Kier molecular flexibility index (Phi) is 6.43. The Morgan fingerprint density at radius 2 is 1.59 bits per heavy atom. The van der Waals surface area contributed by atoms with Crippen LogP contribution < -0.4 is 5.32 Å². The summed E-state index contributed by atoms with van der Waals surface area (Å²) in [5.74, 6) is -1.38. The number of carboxylic acid groups (broad SMARTS) is 1. The fourth-order valence-corrected chi connectivity index (χ4v) is 3.82. The number of rotatable bonds is 4. The molecular weight excluding hydrogens is 515 g/mol. The number of benzene rings is 3. The second kappa shape index (κ2) is 9.30. The van der Waals surface area contributed by atoms with Gasteiger partial charge in [-0.05, 0) is 59.7 Å². The maximum absolute atomic E-state index is 12.8. The normalized spacial score (nSPS) is 15.7. The van der Waals surface area contributed by atoms with Gasteiger partial charge in [-0.25, -0.2) is 14.6 Å². The molecule has 1 aliphatic heterocycles. The van der Waals surface area contributed by atoms with E-state index in [1.807, 2.05) is 24.3 Å². The highest BCUT2D eigenvalue weighted by Gasteiger charge is 2.33. The Morgan fingerprint density at radius 3 is 2.15 bits per heavy atom. The van der Waals surface area contributed by atoms with Crippen molar-refractivity contribution in [3.05, 3.63) is 99.5 Å². The van der Waals surface area contributed by atoms with Crippen LogP contribution in [0.15, 0.2) is 82.4 Å². The van der Waals surface area contributed by atoms with Crippen molar-refractivity contribution < 1.29 is 27.9 Å². The first-order valence-electron chi connectivity index (χ1n) is 10.1. The number of aromatic carboxylic acids is 1. The molecule has 2 N–H and O–H groups in total. The molecule has 3 aromatic carbocycles. The molecule has 3 aromatic rings. The molecule has 0 bridgehead atoms. The second-order valence-electron chi connectivity index (χ2n) is 7.56. The number of hydrogen-bond acceptors (Lipinski definition) is 3. The van der Waals surface area contributed by atoms with Crippen molar-refractivity contribution in [2.45, 2.75) is 12.1 Å². The summed E-state index contributed by atoms with van der Waals surface area (Å²) in [7, 11) is 0. The Hall–Kier alpha value is -3.66. The van der Waals surface area contributed by atoms with Crippen LogP contribution in [0.25, 0.3) is 0 Å². The van der Waals surface area contributed by atoms with Crippen molar-refractivity contribution in [1.29, 1.82) is 0 Å². The Bertz CT molecular complexity index is 1240. The summed E-state index contributed by atoms with van der Waals surface area (Å²) in [6.07, 6.45) is -4.47. The molecule has 1 heterocycles. The number of urea groups is 1. The number of nitrogens with one attached hydrogen (secondary N) is 1. The van der Waals surface area contributed by atoms with E-state index in [4.69, 9.17) is 5.11 Å². The average molecular weight is 532 g/mol. The van der Waals surface area contributed by atoms with E-state index in [0.717, 1.165) is 27.7 Å². The molecule has 174 valence electrons. The first-order chi connectivity index (χ1) is 16.1. The summed E-state index contributed by atoms with van der Waals surface area (Å²) in [4.78, 5) is 24.0. The maximum Gasteiger partial charge on any atom is 0.416 e. The van der Waals surface area contributed by atoms with Crippen molar-refractivity contribution in [2.24, 2.45) is 5.10 Å². The van der Waals surface area contributed by atoms with Gasteiger partial charge < -0.3 is 10.4 Å². The van der Waals surface area contributed by atoms with E-state index in [9.17, 15) is 22.8 Å². The first kappa shape index (κ1) is 23.5. The predicted molar refractivity (Wildman–Crippen MR) is 124 cm³/mol. The molecule has 1 atom stereocenters. The molecule has 1 unspecified atom stereocenters. The molecule has 1 aliphatic rings. The topological polar surface area (TPSA) is 82.0 Å². The van der Waals surface area contributed by atoms with Crippen LogP contribution in [0, 0.1) is 0 Å². The van der Waals surface area contributed by atoms with Gasteiger partial charge in [0.05, 0.1) is 23.4 Å². The zero-order chi connectivity index (χ0) is 24.5. The van der Waals surface area contributed by atoms with Gasteiger partial charge in [0.2, 0.25) is 0 Å². The maximum atomic E-state index is 12.8. The number of halogens is 4. The van der Waals surface area contributed by atoms with Gasteiger partial charge in [0, 0.05) is 16.1 Å². The highest BCUT2D eigenvalue weighted by Crippen LogP contribution is 2.32. The molecule has 0 aliphatic carbocycles. The number of carboxylic acids is 1. The van der Waals surface area contributed by atoms with Gasteiger partial charge in [-0.15, -0.1) is 0 Å². The molecule has 0 radical (unpaired) electrons. The van der Waals surface area contributed by atoms with E-state index in [2.05, 4.69) is 26.3 Å². The largest absolute Gasteiger partial charge is 0.478 e. The van der Waals surface area contributed by atoms with Crippen molar-refractivity contribution in [2.75, 3.05) is 11.9 Å². The Labute approximate surface area is 200 Å². The van der Waals surface area contributed by atoms with E-state index in [1.54, 1.807) is 12.1 Å². The molecule has 10 heteroatoms. The lowest BCUT2D eigenvalue weighted by Crippen LogP contribution is -2.30. The molecule has 0 saturated carbocycles. The molecule has 0 aromatic heterocycles. The zero-order valence-corrected chi connectivity index (χ0v) is 19.0. The number of anilines is 1. The number of amides is 2. The summed E-state index contributed by atoms with van der Waals surface area (Å²) < 4.78 is 39.2. The smallest absolute Gasteiger partial charge is 0.416 e. The van der Waals surface area contributed by atoms with Crippen LogP contribution >= 0.6 is 15.9 Å². The van der Waals surface area contributed by atoms with Crippen molar-refractivity contribution in [3.63, 3.8) is 0 Å². The van der Waals surface area contributed by atoms with Crippen LogP contribution in [0.5, 0.6) is 0 Å². The van der Waals surface area contributed by atoms with Gasteiger partial charge >= 0.3 is 18.2 Å². The number of hydrazone groups is 1. The summed E-state index contributed by atoms with van der Waals surface area (Å²) in [6.45, 7) is 0.171. The van der Waals surface area contributed by atoms with E-state index in [-0.39, 0.29) is 23.7 Å². The fraction of sp³-hybridized carbons (Fsp3) is 0.125. The lowest BCUT2D eigenvalue weighted by molar-refractivity contribution is -0.137. The number of carbonyl (C=O) groups excluding carboxylic acids is 1. The monoisotopic (exact) mass is 531 g/mol. The first-order valence-corrected chi connectivity index (χ1v) is 10.8. The molecular formula is C24H17BrF3N3O3. The van der Waals surface area contributed by atoms with Crippen LogP contribution in [-0.2, 0) is 6.18 Å². The lowest BCUT2D eigenvalue weighted by Gasteiger charge is -2.16. The van der Waals surface area contributed by atoms with Gasteiger partial charge in [0.15, 0.2) is 0 Å². The molecule has 4 rings (SSSR count). The molecule has 6 nitrogen and oxygen atoms in total. The van der Waals surface area contributed by atoms with Crippen LogP contribution in [0.4, 0.5) is 23.7 Å². The zero-order valence-electron chi connectivity index (χ0n) is 17.4. The van der Waals surface area contributed by atoms with Crippen LogP contribution in [0.2, 0.25) is 0 Å². The number of carbonyl (C=O) groups is 2. The number of alkyl halides is 3. The van der Waals surface area contributed by atoms with Gasteiger partial charge in [-0.1, -0.05) is 40.2 Å². The molecule has 0 spiro atoms. The third-order valence-electron chi connectivity index (χ3n) is 5.31. The molecule has 0 saturated heterocycles. The predicted octanol–water partition coefficient (Wildman–Crippen LogP) is 6.20. The molecule has 34 heavy (non-hydrogen) atoms. The van der Waals surface area contributed by atoms with E-state index in [1.165, 1.54) is 29.3 Å². The van der Waals surface area contributed by atoms with Crippen molar-refractivity contribution >= 4 is 39.3 Å². The Morgan fingerprint density at radius 1 is 0.971 bits per heavy atom. The summed E-state index contributed by atoms with van der Waals surface area (Å²) in [6, 6.07) is 17.3. The van der Waals surface area contributed by atoms with Gasteiger partial charge in [0.25, 0.3) is 0 Å². The highest BCUT2D eigenvalue weighted by molar-refractivity contribution is 9.10. The third-order valence-corrected chi connectivity index (χ3v) is 5.84. The van der Waals surface area contributed by atoms with Crippen molar-refractivity contribution in [1.82, 2.24) is 5.01 Å². The summed E-state index contributed by atoms with van der Waals surface area (Å²) in [5.41, 5.74) is 1.69. The molecule has 2 amide bonds. The SMILES string of the molecule is O=C(O)c1ccc(C2CN(C(=O)Nc3ccc(C(F)(F)F)cc3)N=C2c2ccc(Br)cc2)cc1. The van der Waals surface area contributed by atoms with Crippen LogP contribution in [0.1, 0.15) is 33.0 Å². The van der Waals surface area contributed by atoms with Gasteiger partial charge in [0.1, 0.15) is 0 Å². The summed E-state index contributed by atoms with van der Waals surface area (Å²) in [5, 5.41) is 17.4. The Balaban J connectivity index is 1.59. The van der Waals surface area contributed by atoms with E-state index >= 15 is 0 Å².